The molecule has 0 unspecified atom stereocenters. The minimum absolute atomic E-state index is 0.0138. The van der Waals surface area contributed by atoms with E-state index in [9.17, 15) is 23.3 Å². The Balaban J connectivity index is 1.38. The SMILES string of the molecule is NC(=O)COc1ccc(-c2noc(C3CCN(S(=O)(=O)c4ccc([N+](=O)[O-])cc4)CC3)n2)cc1. The zero-order valence-corrected chi connectivity index (χ0v) is 18.7. The molecule has 1 aliphatic heterocycles. The summed E-state index contributed by atoms with van der Waals surface area (Å²) in [5.74, 6) is 0.628. The number of nitro groups is 1. The predicted octanol–water partition coefficient (Wildman–Crippen LogP) is 2.08. The molecule has 2 heterocycles. The summed E-state index contributed by atoms with van der Waals surface area (Å²) in [6.07, 6.45) is 0.988. The van der Waals surface area contributed by atoms with E-state index in [4.69, 9.17) is 15.0 Å². The van der Waals surface area contributed by atoms with Gasteiger partial charge in [0.05, 0.1) is 9.82 Å². The number of nitrogens with zero attached hydrogens (tertiary/aromatic N) is 4. The highest BCUT2D eigenvalue weighted by molar-refractivity contribution is 7.89. The Kier molecular flexibility index (Phi) is 6.56. The molecule has 3 aromatic rings. The molecular formula is C21H21N5O7S. The second-order valence-corrected chi connectivity index (χ2v) is 9.60. The number of carbonyl (C=O) groups excluding carboxylic acids is 1. The molecule has 0 bridgehead atoms. The van der Waals surface area contributed by atoms with Gasteiger partial charge in [-0.05, 0) is 49.2 Å². The Morgan fingerprint density at radius 2 is 1.79 bits per heavy atom. The van der Waals surface area contributed by atoms with Gasteiger partial charge in [0, 0.05) is 36.7 Å². The fraction of sp³-hybridized carbons (Fsp3) is 0.286. The average molecular weight is 487 g/mol. The molecule has 0 atom stereocenters. The number of sulfonamides is 1. The van der Waals surface area contributed by atoms with Crippen molar-refractivity contribution < 1.29 is 27.4 Å². The zero-order valence-electron chi connectivity index (χ0n) is 17.9. The number of hydrogen-bond donors (Lipinski definition) is 1. The first-order chi connectivity index (χ1) is 16.2. The molecule has 1 amide bonds. The van der Waals surface area contributed by atoms with Crippen molar-refractivity contribution in [2.24, 2.45) is 5.73 Å². The van der Waals surface area contributed by atoms with Gasteiger partial charge in [-0.25, -0.2) is 8.42 Å². The number of ether oxygens (including phenoxy) is 1. The van der Waals surface area contributed by atoms with Crippen LogP contribution in [0.1, 0.15) is 24.7 Å². The topological polar surface area (TPSA) is 172 Å². The van der Waals surface area contributed by atoms with Gasteiger partial charge in [0.15, 0.2) is 6.61 Å². The highest BCUT2D eigenvalue weighted by Crippen LogP contribution is 2.31. The van der Waals surface area contributed by atoms with Crippen molar-refractivity contribution in [3.05, 3.63) is 64.5 Å². The normalized spacial score (nSPS) is 15.2. The van der Waals surface area contributed by atoms with Gasteiger partial charge in [0.2, 0.25) is 21.7 Å². The van der Waals surface area contributed by atoms with E-state index >= 15 is 0 Å². The summed E-state index contributed by atoms with van der Waals surface area (Å²) in [7, 11) is -3.76. The molecule has 2 N–H and O–H groups in total. The number of non-ortho nitro benzene ring substituents is 1. The molecule has 1 fully saturated rings. The predicted molar refractivity (Wildman–Crippen MR) is 118 cm³/mol. The van der Waals surface area contributed by atoms with E-state index in [1.54, 1.807) is 24.3 Å². The molecule has 0 spiro atoms. The molecular weight excluding hydrogens is 466 g/mol. The highest BCUT2D eigenvalue weighted by Gasteiger charge is 2.32. The van der Waals surface area contributed by atoms with Crippen LogP contribution in [0, 0.1) is 10.1 Å². The summed E-state index contributed by atoms with van der Waals surface area (Å²) in [6.45, 7) is 0.297. The lowest BCUT2D eigenvalue weighted by Crippen LogP contribution is -2.37. The molecule has 1 aromatic heterocycles. The van der Waals surface area contributed by atoms with Crippen molar-refractivity contribution in [3.63, 3.8) is 0 Å². The van der Waals surface area contributed by atoms with Crippen LogP contribution in [0.15, 0.2) is 57.9 Å². The third-order valence-electron chi connectivity index (χ3n) is 5.42. The van der Waals surface area contributed by atoms with E-state index < -0.39 is 20.9 Å². The Bertz CT molecular complexity index is 1280. The lowest BCUT2D eigenvalue weighted by molar-refractivity contribution is -0.384. The third-order valence-corrected chi connectivity index (χ3v) is 7.34. The molecule has 1 saturated heterocycles. The van der Waals surface area contributed by atoms with Crippen LogP contribution in [-0.4, -0.2) is 53.4 Å². The van der Waals surface area contributed by atoms with Gasteiger partial charge < -0.3 is 15.0 Å². The van der Waals surface area contributed by atoms with E-state index in [1.165, 1.54) is 28.6 Å². The lowest BCUT2D eigenvalue weighted by atomic mass is 9.98. The Morgan fingerprint density at radius 3 is 2.38 bits per heavy atom. The number of nitrogens with two attached hydrogens (primary N) is 1. The lowest BCUT2D eigenvalue weighted by Gasteiger charge is -2.29. The van der Waals surface area contributed by atoms with Crippen LogP contribution in [0.2, 0.25) is 0 Å². The Labute approximate surface area is 194 Å². The monoisotopic (exact) mass is 487 g/mol. The van der Waals surface area contributed by atoms with E-state index in [2.05, 4.69) is 10.1 Å². The fourth-order valence-electron chi connectivity index (χ4n) is 3.60. The molecule has 4 rings (SSSR count). The highest BCUT2D eigenvalue weighted by atomic mass is 32.2. The molecule has 0 saturated carbocycles. The second-order valence-electron chi connectivity index (χ2n) is 7.66. The van der Waals surface area contributed by atoms with Gasteiger partial charge >= 0.3 is 0 Å². The van der Waals surface area contributed by atoms with Crippen molar-refractivity contribution in [2.45, 2.75) is 23.7 Å². The van der Waals surface area contributed by atoms with Gasteiger partial charge in [-0.3, -0.25) is 14.9 Å². The van der Waals surface area contributed by atoms with Crippen LogP contribution >= 0.6 is 0 Å². The number of rotatable bonds is 8. The van der Waals surface area contributed by atoms with E-state index in [1.807, 2.05) is 0 Å². The number of amides is 1. The molecule has 0 aliphatic carbocycles. The first kappa shape index (κ1) is 23.3. The minimum atomic E-state index is -3.76. The van der Waals surface area contributed by atoms with Crippen LogP contribution < -0.4 is 10.5 Å². The smallest absolute Gasteiger partial charge is 0.269 e. The minimum Gasteiger partial charge on any atom is -0.484 e. The molecule has 13 heteroatoms. The third kappa shape index (κ3) is 5.05. The van der Waals surface area contributed by atoms with Gasteiger partial charge in [-0.1, -0.05) is 5.16 Å². The summed E-state index contributed by atoms with van der Waals surface area (Å²) in [6, 6.07) is 11.6. The number of nitro benzene ring substituents is 1. The number of hydrogen-bond acceptors (Lipinski definition) is 9. The molecule has 2 aromatic carbocycles. The van der Waals surface area contributed by atoms with Gasteiger partial charge in [-0.15, -0.1) is 0 Å². The van der Waals surface area contributed by atoms with Crippen LogP contribution in [0.25, 0.3) is 11.4 Å². The Morgan fingerprint density at radius 1 is 1.15 bits per heavy atom. The van der Waals surface area contributed by atoms with Crippen molar-refractivity contribution >= 4 is 21.6 Å². The number of benzene rings is 2. The van der Waals surface area contributed by atoms with E-state index in [-0.39, 0.29) is 36.2 Å². The summed E-state index contributed by atoms with van der Waals surface area (Å²) in [5.41, 5.74) is 5.58. The summed E-state index contributed by atoms with van der Waals surface area (Å²) >= 11 is 0. The summed E-state index contributed by atoms with van der Waals surface area (Å²) in [5, 5.41) is 14.8. The maximum absolute atomic E-state index is 12.9. The maximum atomic E-state index is 12.9. The molecule has 12 nitrogen and oxygen atoms in total. The van der Waals surface area contributed by atoms with E-state index in [0.29, 0.717) is 35.9 Å². The molecule has 1 aliphatic rings. The van der Waals surface area contributed by atoms with Gasteiger partial charge in [0.1, 0.15) is 5.75 Å². The zero-order chi connectivity index (χ0) is 24.3. The fourth-order valence-corrected chi connectivity index (χ4v) is 5.07. The van der Waals surface area contributed by atoms with Crippen molar-refractivity contribution in [3.8, 4) is 17.1 Å². The number of carbonyl (C=O) groups is 1. The number of piperidine rings is 1. The van der Waals surface area contributed by atoms with E-state index in [0.717, 1.165) is 0 Å². The second kappa shape index (κ2) is 9.57. The standard InChI is InChI=1S/C21H21N5O7S/c22-19(27)13-32-17-5-1-14(2-6-17)20-23-21(33-24-20)15-9-11-25(12-10-15)34(30,31)18-7-3-16(4-8-18)26(28)29/h1-8,15H,9-13H2,(H2,22,27). The largest absolute Gasteiger partial charge is 0.484 e. The first-order valence-electron chi connectivity index (χ1n) is 10.3. The van der Waals surface area contributed by atoms with Crippen LogP contribution in [0.4, 0.5) is 5.69 Å². The van der Waals surface area contributed by atoms with Crippen molar-refractivity contribution in [1.82, 2.24) is 14.4 Å². The van der Waals surface area contributed by atoms with Crippen LogP contribution in [0.5, 0.6) is 5.75 Å². The number of primary amides is 1. The number of aromatic nitrogens is 2. The van der Waals surface area contributed by atoms with Gasteiger partial charge in [0.25, 0.3) is 11.6 Å². The average Bonchev–Trinajstić information content (AvgIpc) is 3.33. The maximum Gasteiger partial charge on any atom is 0.269 e. The summed E-state index contributed by atoms with van der Waals surface area (Å²) < 4.78 is 37.8. The van der Waals surface area contributed by atoms with Gasteiger partial charge in [-0.2, -0.15) is 9.29 Å². The molecule has 178 valence electrons. The molecule has 0 radical (unpaired) electrons. The first-order valence-corrected chi connectivity index (χ1v) is 11.8. The Hall–Kier alpha value is -3.84. The van der Waals surface area contributed by atoms with Crippen molar-refractivity contribution in [2.75, 3.05) is 19.7 Å². The molecule has 34 heavy (non-hydrogen) atoms. The van der Waals surface area contributed by atoms with Crippen LogP contribution in [-0.2, 0) is 14.8 Å². The quantitative estimate of drug-likeness (QED) is 0.369. The summed E-state index contributed by atoms with van der Waals surface area (Å²) in [4.78, 5) is 25.5. The van der Waals surface area contributed by atoms with Crippen molar-refractivity contribution in [1.29, 1.82) is 0 Å². The van der Waals surface area contributed by atoms with Crippen LogP contribution in [0.3, 0.4) is 0 Å².